The Labute approximate surface area is 167 Å². The summed E-state index contributed by atoms with van der Waals surface area (Å²) in [6.07, 6.45) is 5.96. The minimum absolute atomic E-state index is 0.327. The lowest BCUT2D eigenvalue weighted by Gasteiger charge is -2.42. The monoisotopic (exact) mass is 378 g/mol. The predicted octanol–water partition coefficient (Wildman–Crippen LogP) is 4.81. The Morgan fingerprint density at radius 1 is 0.963 bits per heavy atom. The maximum Gasteiger partial charge on any atom is 0.239 e. The first-order chi connectivity index (χ1) is 13.0. The molecule has 3 rings (SSSR count). The molecule has 0 bridgehead atoms. The van der Waals surface area contributed by atoms with Gasteiger partial charge in [0.2, 0.25) is 9.04 Å². The van der Waals surface area contributed by atoms with Crippen LogP contribution in [0.3, 0.4) is 0 Å². The molecule has 1 aliphatic rings. The van der Waals surface area contributed by atoms with Crippen molar-refractivity contribution in [2.24, 2.45) is 23.2 Å². The summed E-state index contributed by atoms with van der Waals surface area (Å²) >= 11 is 0. The first kappa shape index (κ1) is 20.1. The summed E-state index contributed by atoms with van der Waals surface area (Å²) in [4.78, 5) is 0. The molecule has 1 aliphatic carbocycles. The fourth-order valence-electron chi connectivity index (χ4n) is 4.58. The molecule has 0 saturated heterocycles. The summed E-state index contributed by atoms with van der Waals surface area (Å²) < 4.78 is 6.70. The van der Waals surface area contributed by atoms with Gasteiger partial charge in [-0.25, -0.2) is 0 Å². The molecular formula is C25H34OSi. The highest BCUT2D eigenvalue weighted by molar-refractivity contribution is 6.80. The molecular weight excluding hydrogens is 344 g/mol. The van der Waals surface area contributed by atoms with Crippen LogP contribution in [0.5, 0.6) is 0 Å². The van der Waals surface area contributed by atoms with E-state index in [0.717, 1.165) is 6.61 Å². The fourth-order valence-corrected chi connectivity index (χ4v) is 6.96. The maximum absolute atomic E-state index is 6.70. The molecule has 0 heterocycles. The average Bonchev–Trinajstić information content (AvgIpc) is 2.69. The Morgan fingerprint density at radius 3 is 2.00 bits per heavy atom. The predicted molar refractivity (Wildman–Crippen MR) is 119 cm³/mol. The van der Waals surface area contributed by atoms with Crippen molar-refractivity contribution in [2.75, 3.05) is 6.61 Å². The van der Waals surface area contributed by atoms with Crippen molar-refractivity contribution in [1.82, 2.24) is 0 Å². The molecule has 2 aromatic rings. The Kier molecular flexibility index (Phi) is 6.72. The summed E-state index contributed by atoms with van der Waals surface area (Å²) in [5.74, 6) is 2.01. The van der Waals surface area contributed by atoms with Gasteiger partial charge in [0, 0.05) is 6.61 Å². The minimum atomic E-state index is -1.63. The van der Waals surface area contributed by atoms with E-state index >= 15 is 0 Å². The molecule has 1 fully saturated rings. The van der Waals surface area contributed by atoms with Crippen molar-refractivity contribution < 1.29 is 4.43 Å². The second kappa shape index (κ2) is 9.03. The van der Waals surface area contributed by atoms with Crippen molar-refractivity contribution in [3.05, 3.63) is 73.3 Å². The molecule has 3 atom stereocenters. The molecule has 0 aliphatic heterocycles. The molecule has 144 valence electrons. The summed E-state index contributed by atoms with van der Waals surface area (Å²) in [6, 6.07) is 21.6. The average molecular weight is 379 g/mol. The lowest BCUT2D eigenvalue weighted by molar-refractivity contribution is 0.0787. The molecule has 27 heavy (non-hydrogen) atoms. The van der Waals surface area contributed by atoms with Crippen molar-refractivity contribution in [2.45, 2.75) is 40.0 Å². The number of benzene rings is 2. The van der Waals surface area contributed by atoms with Gasteiger partial charge in [-0.05, 0) is 52.8 Å². The minimum Gasteiger partial charge on any atom is -0.411 e. The molecule has 1 saturated carbocycles. The highest BCUT2D eigenvalue weighted by Gasteiger charge is 2.36. The van der Waals surface area contributed by atoms with Gasteiger partial charge in [0.1, 0.15) is 0 Å². The van der Waals surface area contributed by atoms with Crippen molar-refractivity contribution in [1.29, 1.82) is 0 Å². The highest BCUT2D eigenvalue weighted by atomic mass is 28.3. The quantitative estimate of drug-likeness (QED) is 0.518. The molecule has 0 amide bonds. The number of hydrogen-bond acceptors (Lipinski definition) is 1. The molecule has 3 unspecified atom stereocenters. The van der Waals surface area contributed by atoms with Gasteiger partial charge in [-0.3, -0.25) is 0 Å². The van der Waals surface area contributed by atoms with E-state index in [9.17, 15) is 0 Å². The highest BCUT2D eigenvalue weighted by Crippen LogP contribution is 2.44. The van der Waals surface area contributed by atoms with E-state index in [1.807, 2.05) is 0 Å². The van der Waals surface area contributed by atoms with Crippen LogP contribution in [0.4, 0.5) is 0 Å². The van der Waals surface area contributed by atoms with E-state index in [1.165, 1.54) is 29.6 Å². The zero-order valence-electron chi connectivity index (χ0n) is 17.1. The van der Waals surface area contributed by atoms with Crippen molar-refractivity contribution in [3.8, 4) is 0 Å². The van der Waals surface area contributed by atoms with Gasteiger partial charge >= 0.3 is 0 Å². The molecule has 0 radical (unpaired) electrons. The Hall–Kier alpha value is -1.64. The van der Waals surface area contributed by atoms with Gasteiger partial charge in [0.25, 0.3) is 0 Å². The first-order valence-corrected chi connectivity index (χ1v) is 12.0. The molecule has 0 aromatic heterocycles. The van der Waals surface area contributed by atoms with Crippen LogP contribution >= 0.6 is 0 Å². The SMILES string of the molecule is C=CC1CCC(CO[SiH](c2ccccc2)c2ccccc2)CC1C(C)(C)C. The van der Waals surface area contributed by atoms with E-state index < -0.39 is 9.04 Å². The van der Waals surface area contributed by atoms with Gasteiger partial charge in [-0.15, -0.1) is 6.58 Å². The second-order valence-electron chi connectivity index (χ2n) is 9.09. The van der Waals surface area contributed by atoms with E-state index in [4.69, 9.17) is 4.43 Å². The molecule has 0 N–H and O–H groups in total. The number of allylic oxidation sites excluding steroid dienone is 1. The van der Waals surface area contributed by atoms with Crippen LogP contribution in [0.15, 0.2) is 73.3 Å². The Morgan fingerprint density at radius 2 is 1.52 bits per heavy atom. The van der Waals surface area contributed by atoms with Crippen LogP contribution in [-0.2, 0) is 4.43 Å². The lowest BCUT2D eigenvalue weighted by Crippen LogP contribution is -2.46. The van der Waals surface area contributed by atoms with Gasteiger partial charge in [-0.1, -0.05) is 87.5 Å². The molecule has 2 heteroatoms. The number of rotatable bonds is 6. The second-order valence-corrected chi connectivity index (χ2v) is 11.5. The van der Waals surface area contributed by atoms with Crippen LogP contribution in [0.2, 0.25) is 0 Å². The van der Waals surface area contributed by atoms with Crippen molar-refractivity contribution >= 4 is 19.4 Å². The summed E-state index contributed by atoms with van der Waals surface area (Å²) in [7, 11) is -1.63. The number of hydrogen-bond donors (Lipinski definition) is 0. The third-order valence-electron chi connectivity index (χ3n) is 6.13. The van der Waals surface area contributed by atoms with E-state index in [-0.39, 0.29) is 0 Å². The standard InChI is InChI=1S/C25H34OSi/c1-5-21-17-16-20(18-24(21)25(2,3)4)19-26-27(22-12-8-6-9-13-22)23-14-10-7-11-15-23/h5-15,20-21,24,27H,1,16-19H2,2-4H3. The molecule has 0 spiro atoms. The topological polar surface area (TPSA) is 9.23 Å². The summed E-state index contributed by atoms with van der Waals surface area (Å²) in [5.41, 5.74) is 0.327. The Bertz CT molecular complexity index is 665. The third-order valence-corrected chi connectivity index (χ3v) is 8.64. The fraction of sp³-hybridized carbons (Fsp3) is 0.440. The first-order valence-electron chi connectivity index (χ1n) is 10.3. The third kappa shape index (κ3) is 5.21. The largest absolute Gasteiger partial charge is 0.411 e. The normalized spacial score (nSPS) is 23.3. The van der Waals surface area contributed by atoms with Gasteiger partial charge in [0.15, 0.2) is 0 Å². The maximum atomic E-state index is 6.70. The van der Waals surface area contributed by atoms with E-state index in [2.05, 4.69) is 94.1 Å². The van der Waals surface area contributed by atoms with Gasteiger partial charge in [0.05, 0.1) is 0 Å². The Balaban J connectivity index is 1.71. The van der Waals surface area contributed by atoms with Crippen molar-refractivity contribution in [3.63, 3.8) is 0 Å². The van der Waals surface area contributed by atoms with Crippen LogP contribution in [0.1, 0.15) is 40.0 Å². The van der Waals surface area contributed by atoms with Crippen LogP contribution < -0.4 is 10.4 Å². The summed E-state index contributed by atoms with van der Waals surface area (Å²) in [6.45, 7) is 12.1. The van der Waals surface area contributed by atoms with Gasteiger partial charge < -0.3 is 4.43 Å². The molecule has 2 aromatic carbocycles. The van der Waals surface area contributed by atoms with Crippen LogP contribution in [0, 0.1) is 23.2 Å². The zero-order chi connectivity index (χ0) is 19.3. The molecule has 1 nitrogen and oxygen atoms in total. The van der Waals surface area contributed by atoms with Crippen LogP contribution in [-0.4, -0.2) is 15.6 Å². The lowest BCUT2D eigenvalue weighted by atomic mass is 9.64. The van der Waals surface area contributed by atoms with Crippen LogP contribution in [0.25, 0.3) is 0 Å². The summed E-state index contributed by atoms with van der Waals surface area (Å²) in [5, 5.41) is 2.74. The van der Waals surface area contributed by atoms with E-state index in [0.29, 0.717) is 23.2 Å². The van der Waals surface area contributed by atoms with E-state index in [1.54, 1.807) is 0 Å². The zero-order valence-corrected chi connectivity index (χ0v) is 18.3. The smallest absolute Gasteiger partial charge is 0.239 e. The van der Waals surface area contributed by atoms with Gasteiger partial charge in [-0.2, -0.15) is 0 Å².